The van der Waals surface area contributed by atoms with E-state index in [0.717, 1.165) is 12.0 Å². The van der Waals surface area contributed by atoms with Crippen molar-refractivity contribution in [2.45, 2.75) is 20.3 Å². The number of amides is 1. The lowest BCUT2D eigenvalue weighted by atomic mass is 10.1. The number of rotatable bonds is 9. The number of methoxy groups -OCH3 is 2. The Balaban J connectivity index is 2.61. The summed E-state index contributed by atoms with van der Waals surface area (Å²) in [6.07, 6.45) is 2.63. The Kier molecular flexibility index (Phi) is 8.07. The van der Waals surface area contributed by atoms with Crippen molar-refractivity contribution in [3.8, 4) is 11.5 Å². The van der Waals surface area contributed by atoms with Gasteiger partial charge in [-0.05, 0) is 44.0 Å². The van der Waals surface area contributed by atoms with E-state index in [-0.39, 0.29) is 5.91 Å². The molecule has 0 aliphatic heterocycles. The van der Waals surface area contributed by atoms with Crippen LogP contribution in [0.4, 0.5) is 0 Å². The predicted molar refractivity (Wildman–Crippen MR) is 87.3 cm³/mol. The molecule has 22 heavy (non-hydrogen) atoms. The maximum absolute atomic E-state index is 12.0. The Morgan fingerprint density at radius 1 is 1.23 bits per heavy atom. The average molecular weight is 307 g/mol. The molecular weight excluding hydrogens is 282 g/mol. The second kappa shape index (κ2) is 9.84. The van der Waals surface area contributed by atoms with E-state index in [1.54, 1.807) is 21.1 Å². The fourth-order valence-corrected chi connectivity index (χ4v) is 1.92. The van der Waals surface area contributed by atoms with Gasteiger partial charge in [-0.3, -0.25) is 4.79 Å². The SMILES string of the molecule is CCOCCCNC(=O)/C(C)=C/c1ccc(OC)c(OC)c1. The standard InChI is InChI=1S/C17H25NO4/c1-5-22-10-6-9-18-17(19)13(2)11-14-7-8-15(20-3)16(12-14)21-4/h7-8,11-12H,5-6,9-10H2,1-4H3,(H,18,19)/b13-11+. The lowest BCUT2D eigenvalue weighted by molar-refractivity contribution is -0.117. The topological polar surface area (TPSA) is 56.8 Å². The van der Waals surface area contributed by atoms with E-state index in [4.69, 9.17) is 14.2 Å². The molecule has 1 amide bonds. The number of nitrogens with one attached hydrogen (secondary N) is 1. The van der Waals surface area contributed by atoms with Crippen molar-refractivity contribution in [2.24, 2.45) is 0 Å². The van der Waals surface area contributed by atoms with E-state index in [1.165, 1.54) is 0 Å². The van der Waals surface area contributed by atoms with Crippen molar-refractivity contribution >= 4 is 12.0 Å². The first-order chi connectivity index (χ1) is 10.6. The van der Waals surface area contributed by atoms with E-state index in [9.17, 15) is 4.79 Å². The number of hydrogen-bond donors (Lipinski definition) is 1. The van der Waals surface area contributed by atoms with Gasteiger partial charge in [0.1, 0.15) is 0 Å². The molecule has 122 valence electrons. The van der Waals surface area contributed by atoms with Crippen LogP contribution < -0.4 is 14.8 Å². The van der Waals surface area contributed by atoms with E-state index in [1.807, 2.05) is 31.2 Å². The Bertz CT molecular complexity index is 511. The molecule has 0 aliphatic carbocycles. The van der Waals surface area contributed by atoms with E-state index in [0.29, 0.717) is 36.8 Å². The molecule has 1 rings (SSSR count). The van der Waals surface area contributed by atoms with Gasteiger partial charge in [-0.2, -0.15) is 0 Å². The summed E-state index contributed by atoms with van der Waals surface area (Å²) in [4.78, 5) is 12.0. The average Bonchev–Trinajstić information content (AvgIpc) is 2.54. The van der Waals surface area contributed by atoms with Gasteiger partial charge in [0, 0.05) is 25.3 Å². The Labute approximate surface area is 132 Å². The lowest BCUT2D eigenvalue weighted by Crippen LogP contribution is -2.25. The van der Waals surface area contributed by atoms with Crippen molar-refractivity contribution in [1.82, 2.24) is 5.32 Å². The van der Waals surface area contributed by atoms with Crippen LogP contribution in [-0.4, -0.2) is 39.9 Å². The summed E-state index contributed by atoms with van der Waals surface area (Å²) in [6, 6.07) is 5.54. The van der Waals surface area contributed by atoms with Crippen molar-refractivity contribution in [2.75, 3.05) is 34.0 Å². The zero-order chi connectivity index (χ0) is 16.4. The first kappa shape index (κ1) is 18.0. The zero-order valence-corrected chi connectivity index (χ0v) is 13.8. The normalized spacial score (nSPS) is 11.2. The summed E-state index contributed by atoms with van der Waals surface area (Å²) < 4.78 is 15.7. The van der Waals surface area contributed by atoms with Crippen LogP contribution in [-0.2, 0) is 9.53 Å². The summed E-state index contributed by atoms with van der Waals surface area (Å²) in [5, 5.41) is 2.87. The van der Waals surface area contributed by atoms with Crippen LogP contribution in [0.25, 0.3) is 6.08 Å². The van der Waals surface area contributed by atoms with Gasteiger partial charge in [0.2, 0.25) is 5.91 Å². The maximum Gasteiger partial charge on any atom is 0.246 e. The largest absolute Gasteiger partial charge is 0.493 e. The summed E-state index contributed by atoms with van der Waals surface area (Å²) in [5.74, 6) is 1.23. The molecule has 0 aliphatic rings. The highest BCUT2D eigenvalue weighted by Crippen LogP contribution is 2.28. The fourth-order valence-electron chi connectivity index (χ4n) is 1.92. The van der Waals surface area contributed by atoms with E-state index in [2.05, 4.69) is 5.32 Å². The van der Waals surface area contributed by atoms with E-state index >= 15 is 0 Å². The monoisotopic (exact) mass is 307 g/mol. The van der Waals surface area contributed by atoms with Crippen LogP contribution in [0.5, 0.6) is 11.5 Å². The Morgan fingerprint density at radius 3 is 2.59 bits per heavy atom. The minimum atomic E-state index is -0.0775. The third-order valence-electron chi connectivity index (χ3n) is 3.10. The van der Waals surface area contributed by atoms with Crippen LogP contribution >= 0.6 is 0 Å². The maximum atomic E-state index is 12.0. The summed E-state index contributed by atoms with van der Waals surface area (Å²) >= 11 is 0. The Morgan fingerprint density at radius 2 is 1.95 bits per heavy atom. The number of carbonyl (C=O) groups excluding carboxylic acids is 1. The van der Waals surface area contributed by atoms with E-state index < -0.39 is 0 Å². The molecule has 5 nitrogen and oxygen atoms in total. The molecule has 0 saturated carbocycles. The highest BCUT2D eigenvalue weighted by molar-refractivity contribution is 5.97. The van der Waals surface area contributed by atoms with Crippen molar-refractivity contribution in [3.05, 3.63) is 29.3 Å². The third kappa shape index (κ3) is 5.77. The van der Waals surface area contributed by atoms with Gasteiger partial charge in [0.15, 0.2) is 11.5 Å². The van der Waals surface area contributed by atoms with Crippen LogP contribution in [0.15, 0.2) is 23.8 Å². The van der Waals surface area contributed by atoms with Gasteiger partial charge in [0.25, 0.3) is 0 Å². The highest BCUT2D eigenvalue weighted by Gasteiger charge is 2.06. The van der Waals surface area contributed by atoms with Crippen LogP contribution in [0.1, 0.15) is 25.8 Å². The minimum absolute atomic E-state index is 0.0775. The van der Waals surface area contributed by atoms with Crippen LogP contribution in [0.2, 0.25) is 0 Å². The number of benzene rings is 1. The van der Waals surface area contributed by atoms with Gasteiger partial charge in [-0.15, -0.1) is 0 Å². The second-order valence-corrected chi connectivity index (χ2v) is 4.75. The molecule has 0 fully saturated rings. The Hall–Kier alpha value is -2.01. The quantitative estimate of drug-likeness (QED) is 0.563. The van der Waals surface area contributed by atoms with Crippen molar-refractivity contribution < 1.29 is 19.0 Å². The first-order valence-electron chi connectivity index (χ1n) is 7.38. The highest BCUT2D eigenvalue weighted by atomic mass is 16.5. The molecular formula is C17H25NO4. The molecule has 1 aromatic rings. The molecule has 0 radical (unpaired) electrons. The predicted octanol–water partition coefficient (Wildman–Crippen LogP) is 2.65. The molecule has 1 aromatic carbocycles. The molecule has 0 saturated heterocycles. The molecule has 0 aromatic heterocycles. The minimum Gasteiger partial charge on any atom is -0.493 e. The molecule has 1 N–H and O–H groups in total. The summed E-state index contributed by atoms with van der Waals surface area (Å²) in [6.45, 7) is 5.71. The molecule has 0 unspecified atom stereocenters. The first-order valence-corrected chi connectivity index (χ1v) is 7.38. The smallest absolute Gasteiger partial charge is 0.246 e. The van der Waals surface area contributed by atoms with Crippen molar-refractivity contribution in [1.29, 1.82) is 0 Å². The molecule has 0 heterocycles. The van der Waals surface area contributed by atoms with Gasteiger partial charge < -0.3 is 19.5 Å². The van der Waals surface area contributed by atoms with Gasteiger partial charge >= 0.3 is 0 Å². The number of hydrogen-bond acceptors (Lipinski definition) is 4. The van der Waals surface area contributed by atoms with Crippen LogP contribution in [0.3, 0.4) is 0 Å². The molecule has 5 heteroatoms. The van der Waals surface area contributed by atoms with Crippen molar-refractivity contribution in [3.63, 3.8) is 0 Å². The van der Waals surface area contributed by atoms with Gasteiger partial charge in [-0.1, -0.05) is 6.07 Å². The second-order valence-electron chi connectivity index (χ2n) is 4.75. The zero-order valence-electron chi connectivity index (χ0n) is 13.8. The number of carbonyl (C=O) groups is 1. The summed E-state index contributed by atoms with van der Waals surface area (Å²) in [7, 11) is 3.18. The fraction of sp³-hybridized carbons (Fsp3) is 0.471. The number of ether oxygens (including phenoxy) is 3. The summed E-state index contributed by atoms with van der Waals surface area (Å²) in [5.41, 5.74) is 1.53. The molecule has 0 spiro atoms. The lowest BCUT2D eigenvalue weighted by Gasteiger charge is -2.09. The van der Waals surface area contributed by atoms with Crippen LogP contribution in [0, 0.1) is 0 Å². The molecule has 0 atom stereocenters. The van der Waals surface area contributed by atoms with Gasteiger partial charge in [-0.25, -0.2) is 0 Å². The molecule has 0 bridgehead atoms. The third-order valence-corrected chi connectivity index (χ3v) is 3.10. The van der Waals surface area contributed by atoms with Gasteiger partial charge in [0.05, 0.1) is 14.2 Å².